The van der Waals surface area contributed by atoms with E-state index in [0.717, 1.165) is 5.69 Å². The molecule has 9 heteroatoms. The molecule has 140 valence electrons. The van der Waals surface area contributed by atoms with Gasteiger partial charge in [-0.25, -0.2) is 4.79 Å². The molecule has 1 aromatic heterocycles. The summed E-state index contributed by atoms with van der Waals surface area (Å²) in [7, 11) is 6.96. The number of benzene rings is 1. The molecule has 2 amide bonds. The summed E-state index contributed by atoms with van der Waals surface area (Å²) in [4.78, 5) is 13.9. The Hall–Kier alpha value is -3.23. The van der Waals surface area contributed by atoms with Crippen LogP contribution in [0.5, 0.6) is 11.5 Å². The predicted molar refractivity (Wildman–Crippen MR) is 101 cm³/mol. The average molecular weight is 360 g/mol. The number of nitrogens with one attached hydrogen (secondary N) is 3. The van der Waals surface area contributed by atoms with Crippen LogP contribution in [-0.2, 0) is 0 Å². The quantitative estimate of drug-likeness (QED) is 0.617. The lowest BCUT2D eigenvalue weighted by Gasteiger charge is -2.13. The van der Waals surface area contributed by atoms with E-state index in [9.17, 15) is 4.79 Å². The highest BCUT2D eigenvalue weighted by Crippen LogP contribution is 2.29. The van der Waals surface area contributed by atoms with Gasteiger partial charge in [0.2, 0.25) is 0 Å². The van der Waals surface area contributed by atoms with E-state index >= 15 is 0 Å². The van der Waals surface area contributed by atoms with E-state index in [-0.39, 0.29) is 6.03 Å². The fourth-order valence-corrected chi connectivity index (χ4v) is 2.14. The molecule has 1 aromatic carbocycles. The first-order valence-corrected chi connectivity index (χ1v) is 8.04. The molecular formula is C17H24N6O3. The van der Waals surface area contributed by atoms with E-state index in [0.29, 0.717) is 36.1 Å². The molecule has 3 N–H and O–H groups in total. The normalized spacial score (nSPS) is 10.0. The maximum atomic E-state index is 12.0. The Labute approximate surface area is 152 Å². The van der Waals surface area contributed by atoms with E-state index in [1.165, 1.54) is 0 Å². The Bertz CT molecular complexity index is 738. The number of hydrogen-bond acceptors (Lipinski definition) is 7. The first-order chi connectivity index (χ1) is 12.5. The van der Waals surface area contributed by atoms with Crippen molar-refractivity contribution in [2.45, 2.75) is 0 Å². The molecule has 26 heavy (non-hydrogen) atoms. The number of ether oxygens (including phenoxy) is 2. The highest BCUT2D eigenvalue weighted by molar-refractivity contribution is 5.89. The number of carbonyl (C=O) groups excluding carboxylic acids is 1. The summed E-state index contributed by atoms with van der Waals surface area (Å²) in [5, 5.41) is 16.5. The van der Waals surface area contributed by atoms with Gasteiger partial charge >= 0.3 is 6.03 Å². The van der Waals surface area contributed by atoms with Crippen molar-refractivity contribution < 1.29 is 14.3 Å². The number of nitrogens with zero attached hydrogens (tertiary/aromatic N) is 3. The van der Waals surface area contributed by atoms with Crippen molar-refractivity contribution in [3.8, 4) is 11.5 Å². The van der Waals surface area contributed by atoms with Crippen LogP contribution in [0.15, 0.2) is 30.5 Å². The van der Waals surface area contributed by atoms with Crippen molar-refractivity contribution in [2.75, 3.05) is 56.9 Å². The van der Waals surface area contributed by atoms with Gasteiger partial charge in [0, 0.05) is 45.0 Å². The number of hydrogen-bond donors (Lipinski definition) is 3. The topological polar surface area (TPSA) is 101 Å². The number of carbonyl (C=O) groups is 1. The van der Waals surface area contributed by atoms with Crippen molar-refractivity contribution in [1.29, 1.82) is 0 Å². The lowest BCUT2D eigenvalue weighted by Crippen LogP contribution is -2.32. The molecule has 9 nitrogen and oxygen atoms in total. The fourth-order valence-electron chi connectivity index (χ4n) is 2.14. The predicted octanol–water partition coefficient (Wildman–Crippen LogP) is 1.79. The first-order valence-electron chi connectivity index (χ1n) is 8.04. The summed E-state index contributed by atoms with van der Waals surface area (Å²) in [5.41, 5.74) is 1.55. The number of amides is 2. The molecule has 0 saturated carbocycles. The Morgan fingerprint density at radius 2 is 1.88 bits per heavy atom. The highest BCUT2D eigenvalue weighted by Gasteiger charge is 2.07. The maximum Gasteiger partial charge on any atom is 0.319 e. The summed E-state index contributed by atoms with van der Waals surface area (Å²) in [6.45, 7) is 0.942. The smallest absolute Gasteiger partial charge is 0.319 e. The minimum Gasteiger partial charge on any atom is -0.493 e. The second-order valence-electron chi connectivity index (χ2n) is 5.57. The number of methoxy groups -OCH3 is 2. The minimum absolute atomic E-state index is 0.313. The molecule has 0 radical (unpaired) electrons. The molecule has 2 rings (SSSR count). The Morgan fingerprint density at radius 3 is 2.58 bits per heavy atom. The molecule has 0 fully saturated rings. The summed E-state index contributed by atoms with van der Waals surface area (Å²) in [6.07, 6.45) is 1.68. The zero-order valence-electron chi connectivity index (χ0n) is 15.4. The largest absolute Gasteiger partial charge is 0.493 e. The van der Waals surface area contributed by atoms with Gasteiger partial charge < -0.3 is 30.3 Å². The number of urea groups is 1. The molecule has 0 aliphatic rings. The van der Waals surface area contributed by atoms with Crippen LogP contribution in [0.2, 0.25) is 0 Å². The first kappa shape index (κ1) is 19.1. The molecule has 2 aromatic rings. The molecule has 0 saturated heterocycles. The third kappa shape index (κ3) is 5.40. The maximum absolute atomic E-state index is 12.0. The summed E-state index contributed by atoms with van der Waals surface area (Å²) >= 11 is 0. The third-order valence-corrected chi connectivity index (χ3v) is 3.51. The van der Waals surface area contributed by atoms with Gasteiger partial charge in [-0.2, -0.15) is 5.10 Å². The van der Waals surface area contributed by atoms with Gasteiger partial charge in [-0.3, -0.25) is 0 Å². The average Bonchev–Trinajstić information content (AvgIpc) is 2.65. The van der Waals surface area contributed by atoms with Crippen LogP contribution in [0.4, 0.5) is 22.0 Å². The molecule has 1 heterocycles. The monoisotopic (exact) mass is 360 g/mol. The van der Waals surface area contributed by atoms with Gasteiger partial charge in [0.15, 0.2) is 17.3 Å². The Morgan fingerprint density at radius 1 is 1.12 bits per heavy atom. The van der Waals surface area contributed by atoms with E-state index < -0.39 is 0 Å². The van der Waals surface area contributed by atoms with Gasteiger partial charge in [-0.1, -0.05) is 0 Å². The van der Waals surface area contributed by atoms with Gasteiger partial charge in [-0.15, -0.1) is 5.10 Å². The Kier molecular flexibility index (Phi) is 6.84. The molecule has 0 unspecified atom stereocenters. The highest BCUT2D eigenvalue weighted by atomic mass is 16.5. The summed E-state index contributed by atoms with van der Waals surface area (Å²) in [6, 6.07) is 6.73. The zero-order chi connectivity index (χ0) is 18.9. The van der Waals surface area contributed by atoms with Crippen molar-refractivity contribution in [1.82, 2.24) is 15.5 Å². The van der Waals surface area contributed by atoms with Crippen LogP contribution in [0.3, 0.4) is 0 Å². The van der Waals surface area contributed by atoms with Crippen molar-refractivity contribution in [3.63, 3.8) is 0 Å². The van der Waals surface area contributed by atoms with Gasteiger partial charge in [0.1, 0.15) is 0 Å². The van der Waals surface area contributed by atoms with Crippen LogP contribution < -0.4 is 30.3 Å². The van der Waals surface area contributed by atoms with E-state index in [1.54, 1.807) is 38.6 Å². The lowest BCUT2D eigenvalue weighted by atomic mass is 10.3. The lowest BCUT2D eigenvalue weighted by molar-refractivity contribution is 0.252. The fraction of sp³-hybridized carbons (Fsp3) is 0.353. The van der Waals surface area contributed by atoms with E-state index in [1.807, 2.05) is 25.1 Å². The van der Waals surface area contributed by atoms with Gasteiger partial charge in [-0.05, 0) is 12.1 Å². The number of rotatable bonds is 8. The second kappa shape index (κ2) is 9.30. The summed E-state index contributed by atoms with van der Waals surface area (Å²) in [5.74, 6) is 1.80. The van der Waals surface area contributed by atoms with Crippen LogP contribution in [-0.4, -0.2) is 57.6 Å². The van der Waals surface area contributed by atoms with Crippen molar-refractivity contribution in [3.05, 3.63) is 30.5 Å². The molecular weight excluding hydrogens is 336 g/mol. The molecule has 0 bridgehead atoms. The second-order valence-corrected chi connectivity index (χ2v) is 5.57. The molecule has 0 aliphatic heterocycles. The van der Waals surface area contributed by atoms with E-state index in [2.05, 4.69) is 26.1 Å². The summed E-state index contributed by atoms with van der Waals surface area (Å²) < 4.78 is 10.4. The molecule has 0 aliphatic carbocycles. The standard InChI is InChI=1S/C17H24N6O3/c1-23(2)13-10-16(22-20-11-13)18-7-8-19-17(24)21-12-5-6-14(25-3)15(9-12)26-4/h5-6,9-11H,7-8H2,1-4H3,(H,18,22)(H2,19,21,24). The van der Waals surface area contributed by atoms with Crippen LogP contribution >= 0.6 is 0 Å². The van der Waals surface area contributed by atoms with Gasteiger partial charge in [0.05, 0.1) is 26.1 Å². The van der Waals surface area contributed by atoms with Crippen molar-refractivity contribution >= 4 is 23.2 Å². The molecule has 0 atom stereocenters. The Balaban J connectivity index is 1.78. The SMILES string of the molecule is COc1ccc(NC(=O)NCCNc2cc(N(C)C)cnn2)cc1OC. The van der Waals surface area contributed by atoms with Crippen LogP contribution in [0.25, 0.3) is 0 Å². The third-order valence-electron chi connectivity index (χ3n) is 3.51. The number of anilines is 3. The zero-order valence-corrected chi connectivity index (χ0v) is 15.4. The van der Waals surface area contributed by atoms with Crippen LogP contribution in [0, 0.1) is 0 Å². The number of aromatic nitrogens is 2. The molecule has 0 spiro atoms. The minimum atomic E-state index is -0.313. The van der Waals surface area contributed by atoms with E-state index in [4.69, 9.17) is 9.47 Å². The van der Waals surface area contributed by atoms with Gasteiger partial charge in [0.25, 0.3) is 0 Å². The van der Waals surface area contributed by atoms with Crippen LogP contribution in [0.1, 0.15) is 0 Å². The van der Waals surface area contributed by atoms with Crippen molar-refractivity contribution in [2.24, 2.45) is 0 Å².